The predicted molar refractivity (Wildman–Crippen MR) is 55.2 cm³/mol. The Morgan fingerprint density at radius 3 is 2.43 bits per heavy atom. The molecule has 0 aliphatic rings. The quantitative estimate of drug-likeness (QED) is 0.550. The lowest BCUT2D eigenvalue weighted by Crippen LogP contribution is -2.07. The van der Waals surface area contributed by atoms with Crippen molar-refractivity contribution in [3.8, 4) is 0 Å². The molecule has 1 aromatic carbocycles. The zero-order chi connectivity index (χ0) is 10.7. The molecule has 0 aliphatic heterocycles. The fourth-order valence-corrected chi connectivity index (χ4v) is 1.14. The second-order valence-corrected chi connectivity index (χ2v) is 3.04. The molecule has 1 amide bonds. The number of Topliss-reactive ketones (excluding diaryl/α,β-unsaturated/α-hetero) is 1. The van der Waals surface area contributed by atoms with E-state index in [4.69, 9.17) is 5.73 Å². The van der Waals surface area contributed by atoms with Gasteiger partial charge in [0.1, 0.15) is 0 Å². The third-order valence-corrected chi connectivity index (χ3v) is 1.75. The average molecular weight is 192 g/mol. The summed E-state index contributed by atoms with van der Waals surface area (Å²) in [4.78, 5) is 21.9. The van der Waals surface area contributed by atoms with Gasteiger partial charge in [0.15, 0.2) is 5.78 Å². The van der Waals surface area contributed by atoms with Crippen molar-refractivity contribution in [2.75, 3.05) is 11.1 Å². The molecule has 0 spiro atoms. The lowest BCUT2D eigenvalue weighted by molar-refractivity contribution is -0.114. The highest BCUT2D eigenvalue weighted by Gasteiger charge is 2.05. The number of carbonyl (C=O) groups is 2. The van der Waals surface area contributed by atoms with Crippen LogP contribution in [0.3, 0.4) is 0 Å². The fourth-order valence-electron chi connectivity index (χ4n) is 1.14. The Bertz CT molecular complexity index is 386. The molecule has 0 aromatic heterocycles. The molecule has 0 heterocycles. The van der Waals surface area contributed by atoms with E-state index in [0.717, 1.165) is 0 Å². The third-order valence-electron chi connectivity index (χ3n) is 1.75. The molecule has 0 aliphatic carbocycles. The van der Waals surface area contributed by atoms with Gasteiger partial charge in [0.2, 0.25) is 5.91 Å². The first-order valence-electron chi connectivity index (χ1n) is 4.18. The third kappa shape index (κ3) is 2.32. The van der Waals surface area contributed by atoms with E-state index in [1.54, 1.807) is 18.2 Å². The summed E-state index contributed by atoms with van der Waals surface area (Å²) in [6.45, 7) is 2.84. The van der Waals surface area contributed by atoms with Gasteiger partial charge in [-0.1, -0.05) is 0 Å². The van der Waals surface area contributed by atoms with E-state index in [2.05, 4.69) is 5.32 Å². The van der Waals surface area contributed by atoms with Gasteiger partial charge in [-0.05, 0) is 25.1 Å². The molecular formula is C10H12N2O2. The second-order valence-electron chi connectivity index (χ2n) is 3.04. The SMILES string of the molecule is CC(=O)Nc1ccc(N)c(C(C)=O)c1. The van der Waals surface area contributed by atoms with Crippen LogP contribution in [0, 0.1) is 0 Å². The maximum Gasteiger partial charge on any atom is 0.221 e. The summed E-state index contributed by atoms with van der Waals surface area (Å²) in [7, 11) is 0. The number of nitrogens with one attached hydrogen (secondary N) is 1. The number of carbonyl (C=O) groups excluding carboxylic acids is 2. The standard InChI is InChI=1S/C10H12N2O2/c1-6(13)9-5-8(12-7(2)14)3-4-10(9)11/h3-5H,11H2,1-2H3,(H,12,14). The summed E-state index contributed by atoms with van der Waals surface area (Å²) in [6, 6.07) is 4.82. The summed E-state index contributed by atoms with van der Waals surface area (Å²) < 4.78 is 0. The van der Waals surface area contributed by atoms with Crippen LogP contribution in [-0.2, 0) is 4.79 Å². The number of nitrogens with two attached hydrogens (primary N) is 1. The lowest BCUT2D eigenvalue weighted by Gasteiger charge is -2.06. The van der Waals surface area contributed by atoms with E-state index in [0.29, 0.717) is 16.9 Å². The molecule has 1 rings (SSSR count). The van der Waals surface area contributed by atoms with E-state index < -0.39 is 0 Å². The fraction of sp³-hybridized carbons (Fsp3) is 0.200. The maximum atomic E-state index is 11.1. The highest BCUT2D eigenvalue weighted by Crippen LogP contribution is 2.18. The summed E-state index contributed by atoms with van der Waals surface area (Å²) in [5, 5.41) is 2.58. The first kappa shape index (κ1) is 10.2. The molecule has 3 N–H and O–H groups in total. The van der Waals surface area contributed by atoms with Gasteiger partial charge in [0, 0.05) is 23.9 Å². The van der Waals surface area contributed by atoms with Gasteiger partial charge in [-0.3, -0.25) is 9.59 Å². The number of anilines is 2. The minimum absolute atomic E-state index is 0.116. The van der Waals surface area contributed by atoms with Crippen LogP contribution >= 0.6 is 0 Å². The molecule has 74 valence electrons. The number of hydrogen-bond donors (Lipinski definition) is 2. The molecular weight excluding hydrogens is 180 g/mol. The van der Waals surface area contributed by atoms with Crippen molar-refractivity contribution in [3.63, 3.8) is 0 Å². The Balaban J connectivity index is 3.06. The minimum Gasteiger partial charge on any atom is -0.398 e. The average Bonchev–Trinajstić information content (AvgIpc) is 2.07. The van der Waals surface area contributed by atoms with E-state index in [9.17, 15) is 9.59 Å². The smallest absolute Gasteiger partial charge is 0.221 e. The van der Waals surface area contributed by atoms with Crippen molar-refractivity contribution in [2.45, 2.75) is 13.8 Å². The Kier molecular flexibility index (Phi) is 2.86. The van der Waals surface area contributed by atoms with E-state index in [1.807, 2.05) is 0 Å². The van der Waals surface area contributed by atoms with Crippen molar-refractivity contribution in [1.29, 1.82) is 0 Å². The minimum atomic E-state index is -0.177. The van der Waals surface area contributed by atoms with Crippen LogP contribution < -0.4 is 11.1 Å². The second kappa shape index (κ2) is 3.91. The van der Waals surface area contributed by atoms with Crippen LogP contribution in [-0.4, -0.2) is 11.7 Å². The number of amides is 1. The predicted octanol–water partition coefficient (Wildman–Crippen LogP) is 1.43. The number of ketones is 1. The molecule has 1 aromatic rings. The molecule has 0 fully saturated rings. The van der Waals surface area contributed by atoms with Gasteiger partial charge in [-0.15, -0.1) is 0 Å². The molecule has 0 saturated heterocycles. The summed E-state index contributed by atoms with van der Waals surface area (Å²) in [6.07, 6.45) is 0. The first-order valence-corrected chi connectivity index (χ1v) is 4.18. The molecule has 0 atom stereocenters. The zero-order valence-corrected chi connectivity index (χ0v) is 8.13. The molecule has 0 bridgehead atoms. The van der Waals surface area contributed by atoms with E-state index >= 15 is 0 Å². The molecule has 0 unspecified atom stereocenters. The summed E-state index contributed by atoms with van der Waals surface area (Å²) >= 11 is 0. The van der Waals surface area contributed by atoms with Gasteiger partial charge >= 0.3 is 0 Å². The first-order chi connectivity index (χ1) is 6.50. The van der Waals surface area contributed by atoms with Crippen LogP contribution in [0.4, 0.5) is 11.4 Å². The van der Waals surface area contributed by atoms with Crippen LogP contribution in [0.5, 0.6) is 0 Å². The monoisotopic (exact) mass is 192 g/mol. The van der Waals surface area contributed by atoms with Gasteiger partial charge in [-0.25, -0.2) is 0 Å². The normalized spacial score (nSPS) is 9.57. The Morgan fingerprint density at radius 2 is 1.93 bits per heavy atom. The number of benzene rings is 1. The number of hydrogen-bond acceptors (Lipinski definition) is 3. The van der Waals surface area contributed by atoms with Crippen molar-refractivity contribution >= 4 is 23.1 Å². The Hall–Kier alpha value is -1.84. The zero-order valence-electron chi connectivity index (χ0n) is 8.13. The maximum absolute atomic E-state index is 11.1. The highest BCUT2D eigenvalue weighted by molar-refractivity contribution is 6.01. The van der Waals surface area contributed by atoms with Crippen LogP contribution in [0.15, 0.2) is 18.2 Å². The largest absolute Gasteiger partial charge is 0.398 e. The van der Waals surface area contributed by atoms with Gasteiger partial charge in [-0.2, -0.15) is 0 Å². The van der Waals surface area contributed by atoms with Crippen LogP contribution in [0.1, 0.15) is 24.2 Å². The highest BCUT2D eigenvalue weighted by atomic mass is 16.1. The van der Waals surface area contributed by atoms with Crippen molar-refractivity contribution in [2.24, 2.45) is 0 Å². The summed E-state index contributed by atoms with van der Waals surface area (Å²) in [5.41, 5.74) is 7.02. The van der Waals surface area contributed by atoms with E-state index in [-0.39, 0.29) is 11.7 Å². The van der Waals surface area contributed by atoms with Crippen LogP contribution in [0.25, 0.3) is 0 Å². The molecule has 0 radical (unpaired) electrons. The lowest BCUT2D eigenvalue weighted by atomic mass is 10.1. The number of nitrogen functional groups attached to an aromatic ring is 1. The van der Waals surface area contributed by atoms with Crippen molar-refractivity contribution in [1.82, 2.24) is 0 Å². The number of rotatable bonds is 2. The topological polar surface area (TPSA) is 72.2 Å². The summed E-state index contributed by atoms with van der Waals surface area (Å²) in [5.74, 6) is -0.293. The molecule has 0 saturated carbocycles. The molecule has 4 nitrogen and oxygen atoms in total. The van der Waals surface area contributed by atoms with E-state index in [1.165, 1.54) is 13.8 Å². The molecule has 14 heavy (non-hydrogen) atoms. The van der Waals surface area contributed by atoms with Gasteiger partial charge in [0.05, 0.1) is 0 Å². The van der Waals surface area contributed by atoms with Crippen molar-refractivity contribution < 1.29 is 9.59 Å². The molecule has 4 heteroatoms. The Morgan fingerprint density at radius 1 is 1.29 bits per heavy atom. The van der Waals surface area contributed by atoms with Crippen molar-refractivity contribution in [3.05, 3.63) is 23.8 Å². The van der Waals surface area contributed by atoms with Crippen LogP contribution in [0.2, 0.25) is 0 Å². The Labute approximate surface area is 82.1 Å². The van der Waals surface area contributed by atoms with Gasteiger partial charge < -0.3 is 11.1 Å². The van der Waals surface area contributed by atoms with Gasteiger partial charge in [0.25, 0.3) is 0 Å².